The number of nitrogens with two attached hydrogens (primary N) is 1. The molecular formula is C14H10Cl2F3NO. The van der Waals surface area contributed by atoms with Crippen molar-refractivity contribution in [3.63, 3.8) is 0 Å². The molecule has 21 heavy (non-hydrogen) atoms. The molecule has 0 bridgehead atoms. The summed E-state index contributed by atoms with van der Waals surface area (Å²) in [5, 5.41) is 0.692. The van der Waals surface area contributed by atoms with Crippen molar-refractivity contribution < 1.29 is 17.9 Å². The van der Waals surface area contributed by atoms with Gasteiger partial charge < -0.3 is 10.5 Å². The van der Waals surface area contributed by atoms with Crippen LogP contribution in [0.15, 0.2) is 36.4 Å². The molecule has 0 atom stereocenters. The largest absolute Gasteiger partial charge is 0.455 e. The molecule has 0 amide bonds. The van der Waals surface area contributed by atoms with E-state index in [1.807, 2.05) is 0 Å². The van der Waals surface area contributed by atoms with Gasteiger partial charge in [0.2, 0.25) is 0 Å². The van der Waals surface area contributed by atoms with Crippen LogP contribution in [0.1, 0.15) is 11.1 Å². The van der Waals surface area contributed by atoms with Gasteiger partial charge in [-0.3, -0.25) is 0 Å². The molecule has 0 saturated carbocycles. The summed E-state index contributed by atoms with van der Waals surface area (Å²) < 4.78 is 43.5. The maximum absolute atomic E-state index is 12.7. The lowest BCUT2D eigenvalue weighted by molar-refractivity contribution is -0.137. The fourth-order valence-corrected chi connectivity index (χ4v) is 2.01. The van der Waals surface area contributed by atoms with Crippen LogP contribution >= 0.6 is 23.2 Å². The van der Waals surface area contributed by atoms with Crippen LogP contribution in [0.25, 0.3) is 0 Å². The smallest absolute Gasteiger partial charge is 0.416 e. The van der Waals surface area contributed by atoms with E-state index in [0.29, 0.717) is 10.0 Å². The highest BCUT2D eigenvalue weighted by Crippen LogP contribution is 2.36. The van der Waals surface area contributed by atoms with Gasteiger partial charge in [-0.05, 0) is 30.3 Å². The number of ether oxygens (including phenoxy) is 1. The van der Waals surface area contributed by atoms with Crippen LogP contribution < -0.4 is 10.5 Å². The third kappa shape index (κ3) is 3.81. The third-order valence-electron chi connectivity index (χ3n) is 2.72. The summed E-state index contributed by atoms with van der Waals surface area (Å²) in [7, 11) is 0. The molecule has 0 saturated heterocycles. The SMILES string of the molecule is NCc1cc(C(F)(F)F)ccc1Oc1cc(Cl)ccc1Cl. The van der Waals surface area contributed by atoms with Crippen LogP contribution in [0.4, 0.5) is 13.2 Å². The Bertz CT molecular complexity index is 659. The van der Waals surface area contributed by atoms with Crippen LogP contribution in [0.5, 0.6) is 11.5 Å². The van der Waals surface area contributed by atoms with Gasteiger partial charge in [-0.15, -0.1) is 0 Å². The van der Waals surface area contributed by atoms with Crippen molar-refractivity contribution in [2.75, 3.05) is 0 Å². The standard InChI is InChI=1S/C14H10Cl2F3NO/c15-10-2-3-11(16)13(6-10)21-12-4-1-9(14(17,18)19)5-8(12)7-20/h1-6H,7,20H2. The summed E-state index contributed by atoms with van der Waals surface area (Å²) in [6.45, 7) is -0.0998. The van der Waals surface area contributed by atoms with Crippen LogP contribution in [-0.4, -0.2) is 0 Å². The van der Waals surface area contributed by atoms with Crippen LogP contribution in [0.2, 0.25) is 10.0 Å². The van der Waals surface area contributed by atoms with E-state index in [0.717, 1.165) is 12.1 Å². The number of hydrogen-bond acceptors (Lipinski definition) is 2. The van der Waals surface area contributed by atoms with Gasteiger partial charge in [0.25, 0.3) is 0 Å². The maximum atomic E-state index is 12.7. The zero-order chi connectivity index (χ0) is 15.6. The lowest BCUT2D eigenvalue weighted by Gasteiger charge is -2.14. The molecule has 0 fully saturated rings. The lowest BCUT2D eigenvalue weighted by Crippen LogP contribution is -2.08. The molecular weight excluding hydrogens is 326 g/mol. The molecule has 0 aromatic heterocycles. The summed E-state index contributed by atoms with van der Waals surface area (Å²) in [4.78, 5) is 0. The first kappa shape index (κ1) is 15.9. The molecule has 0 unspecified atom stereocenters. The van der Waals surface area contributed by atoms with E-state index in [-0.39, 0.29) is 23.6 Å². The predicted molar refractivity (Wildman–Crippen MR) is 75.9 cm³/mol. The summed E-state index contributed by atoms with van der Waals surface area (Å²) in [5.41, 5.74) is 4.92. The molecule has 7 heteroatoms. The van der Waals surface area contributed by atoms with Crippen molar-refractivity contribution in [1.29, 1.82) is 0 Å². The van der Waals surface area contributed by atoms with Gasteiger partial charge in [0.05, 0.1) is 10.6 Å². The van der Waals surface area contributed by atoms with Gasteiger partial charge in [-0.2, -0.15) is 13.2 Å². The van der Waals surface area contributed by atoms with E-state index in [9.17, 15) is 13.2 Å². The Balaban J connectivity index is 2.38. The molecule has 2 nitrogen and oxygen atoms in total. The molecule has 2 N–H and O–H groups in total. The molecule has 2 aromatic rings. The van der Waals surface area contributed by atoms with Crippen molar-refractivity contribution in [2.24, 2.45) is 5.73 Å². The highest BCUT2D eigenvalue weighted by atomic mass is 35.5. The molecule has 0 aliphatic heterocycles. The van der Waals surface area contributed by atoms with Gasteiger partial charge in [-0.25, -0.2) is 0 Å². The van der Waals surface area contributed by atoms with Crippen LogP contribution in [0.3, 0.4) is 0 Å². The Morgan fingerprint density at radius 1 is 1.00 bits per heavy atom. The Morgan fingerprint density at radius 3 is 2.33 bits per heavy atom. The van der Waals surface area contributed by atoms with Crippen molar-refractivity contribution >= 4 is 23.2 Å². The van der Waals surface area contributed by atoms with Crippen molar-refractivity contribution in [3.8, 4) is 11.5 Å². The average Bonchev–Trinajstić information content (AvgIpc) is 2.42. The van der Waals surface area contributed by atoms with Gasteiger partial charge in [-0.1, -0.05) is 23.2 Å². The van der Waals surface area contributed by atoms with Gasteiger partial charge >= 0.3 is 6.18 Å². The van der Waals surface area contributed by atoms with Gasteiger partial charge in [0, 0.05) is 23.2 Å². The second-order valence-electron chi connectivity index (χ2n) is 4.20. The fourth-order valence-electron chi connectivity index (χ4n) is 1.69. The Labute approximate surface area is 129 Å². The third-order valence-corrected chi connectivity index (χ3v) is 3.27. The number of hydrogen-bond donors (Lipinski definition) is 1. The number of halogens is 5. The fraction of sp³-hybridized carbons (Fsp3) is 0.143. The van der Waals surface area contributed by atoms with E-state index < -0.39 is 11.7 Å². The Kier molecular flexibility index (Phi) is 4.66. The van der Waals surface area contributed by atoms with Crippen molar-refractivity contribution in [2.45, 2.75) is 12.7 Å². The van der Waals surface area contributed by atoms with E-state index >= 15 is 0 Å². The van der Waals surface area contributed by atoms with Gasteiger partial charge in [0.1, 0.15) is 11.5 Å². The van der Waals surface area contributed by atoms with E-state index in [1.165, 1.54) is 18.2 Å². The lowest BCUT2D eigenvalue weighted by atomic mass is 10.1. The zero-order valence-electron chi connectivity index (χ0n) is 10.5. The molecule has 0 heterocycles. The van der Waals surface area contributed by atoms with E-state index in [2.05, 4.69) is 0 Å². The minimum Gasteiger partial charge on any atom is -0.455 e. The number of benzene rings is 2. The molecule has 0 aliphatic carbocycles. The monoisotopic (exact) mass is 335 g/mol. The first-order valence-corrected chi connectivity index (χ1v) is 6.60. The molecule has 0 spiro atoms. The minimum atomic E-state index is -4.43. The second kappa shape index (κ2) is 6.13. The van der Waals surface area contributed by atoms with Crippen LogP contribution in [-0.2, 0) is 12.7 Å². The van der Waals surface area contributed by atoms with Crippen molar-refractivity contribution in [3.05, 3.63) is 57.6 Å². The van der Waals surface area contributed by atoms with E-state index in [1.54, 1.807) is 6.07 Å². The molecule has 2 rings (SSSR count). The topological polar surface area (TPSA) is 35.2 Å². The summed E-state index contributed by atoms with van der Waals surface area (Å²) in [6, 6.07) is 7.67. The molecule has 0 radical (unpaired) electrons. The quantitative estimate of drug-likeness (QED) is 0.829. The average molecular weight is 336 g/mol. The van der Waals surface area contributed by atoms with Crippen molar-refractivity contribution in [1.82, 2.24) is 0 Å². The predicted octanol–water partition coefficient (Wildman–Crippen LogP) is 5.26. The Morgan fingerprint density at radius 2 is 1.71 bits per heavy atom. The normalized spacial score (nSPS) is 11.5. The minimum absolute atomic E-state index is 0.0998. The number of alkyl halides is 3. The Hall–Kier alpha value is -1.43. The molecule has 112 valence electrons. The van der Waals surface area contributed by atoms with Gasteiger partial charge in [0.15, 0.2) is 0 Å². The van der Waals surface area contributed by atoms with E-state index in [4.69, 9.17) is 33.7 Å². The first-order chi connectivity index (χ1) is 9.81. The molecule has 2 aromatic carbocycles. The summed E-state index contributed by atoms with van der Waals surface area (Å²) in [5.74, 6) is 0.452. The zero-order valence-corrected chi connectivity index (χ0v) is 12.1. The maximum Gasteiger partial charge on any atom is 0.416 e. The summed E-state index contributed by atoms with van der Waals surface area (Å²) in [6.07, 6.45) is -4.43. The first-order valence-electron chi connectivity index (χ1n) is 5.84. The van der Waals surface area contributed by atoms with Crippen LogP contribution in [0, 0.1) is 0 Å². The molecule has 0 aliphatic rings. The highest BCUT2D eigenvalue weighted by Gasteiger charge is 2.31. The highest BCUT2D eigenvalue weighted by molar-refractivity contribution is 6.34. The second-order valence-corrected chi connectivity index (χ2v) is 5.04. The summed E-state index contributed by atoms with van der Waals surface area (Å²) >= 11 is 11.8. The number of rotatable bonds is 3.